The molecular formula is C18H19N5O. The third kappa shape index (κ3) is 2.87. The molecule has 122 valence electrons. The molecule has 24 heavy (non-hydrogen) atoms. The summed E-state index contributed by atoms with van der Waals surface area (Å²) in [6.45, 7) is 1.31. The van der Waals surface area contributed by atoms with Crippen LogP contribution in [0.25, 0.3) is 10.8 Å². The van der Waals surface area contributed by atoms with Crippen LogP contribution in [0.3, 0.4) is 0 Å². The first-order valence-electron chi connectivity index (χ1n) is 8.35. The van der Waals surface area contributed by atoms with Gasteiger partial charge >= 0.3 is 0 Å². The Kier molecular flexibility index (Phi) is 3.94. The van der Waals surface area contributed by atoms with Gasteiger partial charge in [0.05, 0.1) is 6.54 Å². The van der Waals surface area contributed by atoms with E-state index in [0.29, 0.717) is 12.2 Å². The van der Waals surface area contributed by atoms with Crippen LogP contribution in [0.15, 0.2) is 36.5 Å². The minimum absolute atomic E-state index is 0.188. The number of nitrogens with zero attached hydrogens (tertiary/aromatic N) is 4. The van der Waals surface area contributed by atoms with Gasteiger partial charge in [-0.25, -0.2) is 0 Å². The lowest BCUT2D eigenvalue weighted by Crippen LogP contribution is -2.25. The molecule has 0 radical (unpaired) electrons. The van der Waals surface area contributed by atoms with E-state index in [0.717, 1.165) is 48.2 Å². The fourth-order valence-corrected chi connectivity index (χ4v) is 3.13. The van der Waals surface area contributed by atoms with Crippen LogP contribution < -0.4 is 5.32 Å². The molecule has 1 amide bonds. The van der Waals surface area contributed by atoms with E-state index in [1.807, 2.05) is 30.3 Å². The van der Waals surface area contributed by atoms with Crippen molar-refractivity contribution in [2.75, 3.05) is 0 Å². The van der Waals surface area contributed by atoms with Crippen molar-refractivity contribution in [1.29, 1.82) is 0 Å². The number of carbonyl (C=O) groups excluding carboxylic acids is 1. The topological polar surface area (TPSA) is 72.7 Å². The average Bonchev–Trinajstić information content (AvgIpc) is 2.85. The monoisotopic (exact) mass is 321 g/mol. The standard InChI is InChI=1S/C18H19N5O/c24-18(15-10-13-6-3-4-7-14(13)11-19-15)20-12-17-22-21-16-8-2-1-5-9-23(16)17/h3-4,6-7,10-11H,1-2,5,8-9,12H2,(H,20,24). The molecule has 1 aliphatic rings. The van der Waals surface area contributed by atoms with E-state index in [-0.39, 0.29) is 5.91 Å². The molecule has 0 aliphatic carbocycles. The number of benzene rings is 1. The van der Waals surface area contributed by atoms with Crippen LogP contribution in [0.1, 0.15) is 41.4 Å². The Labute approximate surface area is 139 Å². The van der Waals surface area contributed by atoms with Crippen molar-refractivity contribution in [3.05, 3.63) is 53.9 Å². The van der Waals surface area contributed by atoms with Crippen LogP contribution >= 0.6 is 0 Å². The van der Waals surface area contributed by atoms with Crippen LogP contribution in [0, 0.1) is 0 Å². The molecule has 1 aliphatic heterocycles. The maximum absolute atomic E-state index is 12.4. The molecule has 3 aromatic rings. The summed E-state index contributed by atoms with van der Waals surface area (Å²) in [6, 6.07) is 9.69. The van der Waals surface area contributed by atoms with Crippen molar-refractivity contribution in [3.8, 4) is 0 Å². The Morgan fingerprint density at radius 2 is 2.00 bits per heavy atom. The van der Waals surface area contributed by atoms with Gasteiger partial charge in [0, 0.05) is 24.5 Å². The van der Waals surface area contributed by atoms with Gasteiger partial charge in [0.25, 0.3) is 5.91 Å². The maximum Gasteiger partial charge on any atom is 0.270 e. The first-order valence-corrected chi connectivity index (χ1v) is 8.35. The zero-order chi connectivity index (χ0) is 16.4. The smallest absolute Gasteiger partial charge is 0.270 e. The Hall–Kier alpha value is -2.76. The van der Waals surface area contributed by atoms with Gasteiger partial charge in [-0.15, -0.1) is 10.2 Å². The zero-order valence-corrected chi connectivity index (χ0v) is 13.4. The summed E-state index contributed by atoms with van der Waals surface area (Å²) in [5.41, 5.74) is 0.421. The molecule has 0 spiro atoms. The normalized spacial score (nSPS) is 14.2. The van der Waals surface area contributed by atoms with E-state index in [1.54, 1.807) is 6.20 Å². The molecule has 0 bridgehead atoms. The summed E-state index contributed by atoms with van der Waals surface area (Å²) in [5, 5.41) is 13.4. The van der Waals surface area contributed by atoms with Gasteiger partial charge in [0.1, 0.15) is 11.5 Å². The predicted octanol–water partition coefficient (Wildman–Crippen LogP) is 2.48. The molecule has 1 aromatic carbocycles. The number of rotatable bonds is 3. The van der Waals surface area contributed by atoms with Crippen LogP contribution in [0.5, 0.6) is 0 Å². The highest BCUT2D eigenvalue weighted by Crippen LogP contribution is 2.15. The Morgan fingerprint density at radius 3 is 2.92 bits per heavy atom. The van der Waals surface area contributed by atoms with Gasteiger partial charge in [-0.1, -0.05) is 30.7 Å². The van der Waals surface area contributed by atoms with E-state index < -0.39 is 0 Å². The van der Waals surface area contributed by atoms with Crippen LogP contribution in [0.4, 0.5) is 0 Å². The molecule has 0 atom stereocenters. The number of aromatic nitrogens is 4. The van der Waals surface area contributed by atoms with E-state index in [9.17, 15) is 4.79 Å². The molecule has 1 N–H and O–H groups in total. The molecule has 4 rings (SSSR count). The van der Waals surface area contributed by atoms with Gasteiger partial charge in [-0.05, 0) is 24.3 Å². The second-order valence-corrected chi connectivity index (χ2v) is 6.09. The highest BCUT2D eigenvalue weighted by Gasteiger charge is 2.16. The molecule has 2 aromatic heterocycles. The van der Waals surface area contributed by atoms with E-state index in [2.05, 4.69) is 25.1 Å². The first kappa shape index (κ1) is 14.8. The lowest BCUT2D eigenvalue weighted by Gasteiger charge is -2.08. The van der Waals surface area contributed by atoms with Crippen molar-refractivity contribution in [1.82, 2.24) is 25.1 Å². The van der Waals surface area contributed by atoms with Crippen LogP contribution in [-0.4, -0.2) is 25.7 Å². The molecule has 6 nitrogen and oxygen atoms in total. The SMILES string of the molecule is O=C(NCc1nnc2n1CCCCC2)c1cc2ccccc2cn1. The number of pyridine rings is 1. The average molecular weight is 321 g/mol. The van der Waals surface area contributed by atoms with Crippen molar-refractivity contribution in [3.63, 3.8) is 0 Å². The lowest BCUT2D eigenvalue weighted by atomic mass is 10.1. The Bertz CT molecular complexity index is 886. The van der Waals surface area contributed by atoms with Crippen molar-refractivity contribution < 1.29 is 4.79 Å². The molecule has 0 saturated carbocycles. The highest BCUT2D eigenvalue weighted by molar-refractivity contribution is 5.96. The Balaban J connectivity index is 1.49. The minimum Gasteiger partial charge on any atom is -0.343 e. The second kappa shape index (κ2) is 6.39. The summed E-state index contributed by atoms with van der Waals surface area (Å²) in [4.78, 5) is 16.6. The van der Waals surface area contributed by atoms with Crippen molar-refractivity contribution in [2.24, 2.45) is 0 Å². The van der Waals surface area contributed by atoms with Crippen molar-refractivity contribution in [2.45, 2.75) is 38.8 Å². The highest BCUT2D eigenvalue weighted by atomic mass is 16.1. The molecule has 0 unspecified atom stereocenters. The third-order valence-electron chi connectivity index (χ3n) is 4.46. The number of fused-ring (bicyclic) bond motifs is 2. The first-order chi connectivity index (χ1) is 11.8. The molecule has 0 fully saturated rings. The quantitative estimate of drug-likeness (QED) is 0.804. The Morgan fingerprint density at radius 1 is 1.12 bits per heavy atom. The molecule has 0 saturated heterocycles. The van der Waals surface area contributed by atoms with E-state index in [1.165, 1.54) is 6.42 Å². The summed E-state index contributed by atoms with van der Waals surface area (Å²) in [5.74, 6) is 1.66. The van der Waals surface area contributed by atoms with Gasteiger partial charge in [0.15, 0.2) is 5.82 Å². The number of nitrogens with one attached hydrogen (secondary N) is 1. The summed E-state index contributed by atoms with van der Waals surface area (Å²) >= 11 is 0. The van der Waals surface area contributed by atoms with Gasteiger partial charge in [0.2, 0.25) is 0 Å². The number of hydrogen-bond acceptors (Lipinski definition) is 4. The van der Waals surface area contributed by atoms with Crippen LogP contribution in [0.2, 0.25) is 0 Å². The number of hydrogen-bond donors (Lipinski definition) is 1. The summed E-state index contributed by atoms with van der Waals surface area (Å²) in [7, 11) is 0. The summed E-state index contributed by atoms with van der Waals surface area (Å²) in [6.07, 6.45) is 6.21. The summed E-state index contributed by atoms with van der Waals surface area (Å²) < 4.78 is 2.14. The maximum atomic E-state index is 12.4. The minimum atomic E-state index is -0.188. The van der Waals surface area contributed by atoms with Gasteiger partial charge in [-0.3, -0.25) is 9.78 Å². The second-order valence-electron chi connectivity index (χ2n) is 6.09. The molecule has 6 heteroatoms. The lowest BCUT2D eigenvalue weighted by molar-refractivity contribution is 0.0944. The third-order valence-corrected chi connectivity index (χ3v) is 4.46. The number of amides is 1. The molecule has 3 heterocycles. The zero-order valence-electron chi connectivity index (χ0n) is 13.4. The molecular weight excluding hydrogens is 302 g/mol. The predicted molar refractivity (Wildman–Crippen MR) is 90.5 cm³/mol. The van der Waals surface area contributed by atoms with E-state index in [4.69, 9.17) is 0 Å². The van der Waals surface area contributed by atoms with Gasteiger partial charge < -0.3 is 9.88 Å². The van der Waals surface area contributed by atoms with E-state index >= 15 is 0 Å². The number of aryl methyl sites for hydroxylation is 1. The van der Waals surface area contributed by atoms with Gasteiger partial charge in [-0.2, -0.15) is 0 Å². The largest absolute Gasteiger partial charge is 0.343 e. The fraction of sp³-hybridized carbons (Fsp3) is 0.333. The number of carbonyl (C=O) groups is 1. The fourth-order valence-electron chi connectivity index (χ4n) is 3.13. The van der Waals surface area contributed by atoms with Crippen molar-refractivity contribution >= 4 is 16.7 Å². The van der Waals surface area contributed by atoms with Crippen LogP contribution in [-0.2, 0) is 19.5 Å².